The van der Waals surface area contributed by atoms with Gasteiger partial charge in [0.05, 0.1) is 10.6 Å². The van der Waals surface area contributed by atoms with Crippen molar-refractivity contribution in [3.05, 3.63) is 74.3 Å². The van der Waals surface area contributed by atoms with E-state index in [4.69, 9.17) is 5.10 Å². The van der Waals surface area contributed by atoms with Crippen LogP contribution >= 0.6 is 0 Å². The lowest BCUT2D eigenvalue weighted by Crippen LogP contribution is -2.48. The van der Waals surface area contributed by atoms with Gasteiger partial charge in [-0.15, -0.1) is 15.3 Å². The third-order valence-corrected chi connectivity index (χ3v) is 7.12. The number of carbonyl (C=O) groups is 1. The highest BCUT2D eigenvalue weighted by molar-refractivity contribution is 5.76. The summed E-state index contributed by atoms with van der Waals surface area (Å²) in [6.07, 6.45) is 1.02. The molecule has 0 radical (unpaired) electrons. The monoisotopic (exact) mass is 517 g/mol. The lowest BCUT2D eigenvalue weighted by molar-refractivity contribution is -0.385. The first-order chi connectivity index (χ1) is 18.2. The molecule has 1 saturated heterocycles. The first-order valence-corrected chi connectivity index (χ1v) is 12.7. The van der Waals surface area contributed by atoms with Crippen LogP contribution in [0.1, 0.15) is 40.3 Å². The molecule has 12 nitrogen and oxygen atoms in total. The number of aryl methyl sites for hydroxylation is 3. The van der Waals surface area contributed by atoms with Gasteiger partial charge in [0.25, 0.3) is 5.69 Å². The smallest absolute Gasteiger partial charge is 0.270 e. The number of rotatable bonds is 7. The van der Waals surface area contributed by atoms with Crippen molar-refractivity contribution in [2.75, 3.05) is 26.2 Å². The molecule has 198 valence electrons. The van der Waals surface area contributed by atoms with E-state index in [9.17, 15) is 14.9 Å². The van der Waals surface area contributed by atoms with E-state index in [1.807, 2.05) is 55.5 Å². The Morgan fingerprint density at radius 1 is 1.00 bits per heavy atom. The largest absolute Gasteiger partial charge is 0.340 e. The molecule has 3 aromatic heterocycles. The molecule has 1 aromatic carbocycles. The Labute approximate surface area is 220 Å². The maximum absolute atomic E-state index is 13.0. The second-order valence-electron chi connectivity index (χ2n) is 9.86. The summed E-state index contributed by atoms with van der Waals surface area (Å²) in [5.41, 5.74) is 5.50. The van der Waals surface area contributed by atoms with Gasteiger partial charge in [-0.05, 0) is 62.9 Å². The van der Waals surface area contributed by atoms with E-state index >= 15 is 0 Å². The second-order valence-corrected chi connectivity index (χ2v) is 9.86. The van der Waals surface area contributed by atoms with Crippen LogP contribution in [-0.4, -0.2) is 76.4 Å². The van der Waals surface area contributed by atoms with Gasteiger partial charge in [-0.3, -0.25) is 19.8 Å². The second kappa shape index (κ2) is 10.3. The maximum atomic E-state index is 13.0. The average molecular weight is 518 g/mol. The lowest BCUT2D eigenvalue weighted by Gasteiger charge is -2.35. The molecule has 1 fully saturated rings. The van der Waals surface area contributed by atoms with Gasteiger partial charge in [0.15, 0.2) is 17.3 Å². The van der Waals surface area contributed by atoms with Crippen LogP contribution in [0.25, 0.3) is 11.5 Å². The molecule has 4 heterocycles. The normalized spacial score (nSPS) is 14.4. The molecule has 4 aromatic rings. The van der Waals surface area contributed by atoms with Crippen LogP contribution in [0.3, 0.4) is 0 Å². The molecule has 1 amide bonds. The Kier molecular flexibility index (Phi) is 6.89. The number of nitro benzene ring substituents is 1. The molecule has 0 saturated carbocycles. The van der Waals surface area contributed by atoms with E-state index in [-0.39, 0.29) is 16.5 Å². The molecule has 5 rings (SSSR count). The van der Waals surface area contributed by atoms with E-state index in [2.05, 4.69) is 20.2 Å². The minimum absolute atomic E-state index is 0.118. The fourth-order valence-corrected chi connectivity index (χ4v) is 5.10. The quantitative estimate of drug-likeness (QED) is 0.270. The maximum Gasteiger partial charge on any atom is 0.270 e. The minimum Gasteiger partial charge on any atom is -0.340 e. The summed E-state index contributed by atoms with van der Waals surface area (Å²) in [7, 11) is 0. The Morgan fingerprint density at radius 2 is 1.76 bits per heavy atom. The van der Waals surface area contributed by atoms with Gasteiger partial charge < -0.3 is 4.90 Å². The zero-order chi connectivity index (χ0) is 27.0. The Hall–Kier alpha value is -4.19. The topological polar surface area (TPSA) is 128 Å². The van der Waals surface area contributed by atoms with Crippen molar-refractivity contribution in [2.24, 2.45) is 0 Å². The van der Waals surface area contributed by atoms with Crippen LogP contribution in [0.15, 0.2) is 30.3 Å². The summed E-state index contributed by atoms with van der Waals surface area (Å²) in [6, 6.07) is 8.93. The van der Waals surface area contributed by atoms with E-state index in [1.165, 1.54) is 0 Å². The van der Waals surface area contributed by atoms with Crippen LogP contribution < -0.4 is 0 Å². The van der Waals surface area contributed by atoms with Crippen molar-refractivity contribution in [2.45, 2.75) is 47.1 Å². The first kappa shape index (κ1) is 25.5. The Bertz CT molecular complexity index is 1520. The first-order valence-electron chi connectivity index (χ1n) is 12.7. The zero-order valence-electron chi connectivity index (χ0n) is 22.1. The van der Waals surface area contributed by atoms with E-state index in [0.29, 0.717) is 49.8 Å². The number of amides is 1. The Balaban J connectivity index is 1.18. The van der Waals surface area contributed by atoms with Crippen LogP contribution in [0.2, 0.25) is 0 Å². The van der Waals surface area contributed by atoms with Gasteiger partial charge in [0, 0.05) is 57.0 Å². The molecular weight excluding hydrogens is 486 g/mol. The number of benzene rings is 1. The van der Waals surface area contributed by atoms with Gasteiger partial charge >= 0.3 is 0 Å². The van der Waals surface area contributed by atoms with Crippen molar-refractivity contribution in [3.63, 3.8) is 0 Å². The Morgan fingerprint density at radius 3 is 2.50 bits per heavy atom. The molecule has 0 bridgehead atoms. The zero-order valence-corrected chi connectivity index (χ0v) is 22.1. The number of piperazine rings is 1. The lowest BCUT2D eigenvalue weighted by atomic mass is 10.1. The van der Waals surface area contributed by atoms with Crippen LogP contribution in [0.4, 0.5) is 5.69 Å². The van der Waals surface area contributed by atoms with Gasteiger partial charge in [-0.2, -0.15) is 9.61 Å². The van der Waals surface area contributed by atoms with Crippen LogP contribution in [0.5, 0.6) is 0 Å². The highest BCUT2D eigenvalue weighted by Crippen LogP contribution is 2.21. The standard InChI is InChI=1S/C26H31N9O3/c1-17-13-21(15-22(14-17)35(37)38)16-31-9-11-32(12-10-31)26(36)8-5-23-18(2)29-33(19(23)3)25-7-6-24-28-27-20(4)34(24)30-25/h6-7,13-15H,5,8-12,16H2,1-4H3. The van der Waals surface area contributed by atoms with Gasteiger partial charge in [0.1, 0.15) is 0 Å². The van der Waals surface area contributed by atoms with E-state index in [0.717, 1.165) is 41.2 Å². The van der Waals surface area contributed by atoms with Gasteiger partial charge in [0.2, 0.25) is 5.91 Å². The molecule has 1 aliphatic heterocycles. The highest BCUT2D eigenvalue weighted by atomic mass is 16.6. The SMILES string of the molecule is Cc1cc(CN2CCN(C(=O)CCc3c(C)nn(-c4ccc5nnc(C)n5n4)c3C)CC2)cc([N+](=O)[O-])c1. The van der Waals surface area contributed by atoms with Crippen LogP contribution in [0, 0.1) is 37.8 Å². The fourth-order valence-electron chi connectivity index (χ4n) is 5.10. The molecule has 12 heteroatoms. The highest BCUT2D eigenvalue weighted by Gasteiger charge is 2.23. The number of carbonyl (C=O) groups excluding carboxylic acids is 1. The van der Waals surface area contributed by atoms with E-state index < -0.39 is 0 Å². The third-order valence-electron chi connectivity index (χ3n) is 7.12. The molecule has 1 aliphatic rings. The van der Waals surface area contributed by atoms with Crippen molar-refractivity contribution < 1.29 is 9.72 Å². The molecule has 0 atom stereocenters. The fraction of sp³-hybridized carbons (Fsp3) is 0.423. The summed E-state index contributed by atoms with van der Waals surface area (Å²) in [4.78, 5) is 28.0. The number of fused-ring (bicyclic) bond motifs is 1. The number of nitro groups is 1. The molecule has 0 unspecified atom stereocenters. The molecule has 38 heavy (non-hydrogen) atoms. The summed E-state index contributed by atoms with van der Waals surface area (Å²) in [6.45, 7) is 11.1. The van der Waals surface area contributed by atoms with Crippen LogP contribution in [-0.2, 0) is 17.8 Å². The van der Waals surface area contributed by atoms with Crippen molar-refractivity contribution in [1.29, 1.82) is 0 Å². The molecule has 0 N–H and O–H groups in total. The number of hydrogen-bond acceptors (Lipinski definition) is 8. The molecule has 0 spiro atoms. The summed E-state index contributed by atoms with van der Waals surface area (Å²) < 4.78 is 3.50. The van der Waals surface area contributed by atoms with Gasteiger partial charge in [-0.1, -0.05) is 6.07 Å². The summed E-state index contributed by atoms with van der Waals surface area (Å²) in [5, 5.41) is 28.6. The van der Waals surface area contributed by atoms with Gasteiger partial charge in [-0.25, -0.2) is 4.68 Å². The summed E-state index contributed by atoms with van der Waals surface area (Å²) >= 11 is 0. The van der Waals surface area contributed by atoms with E-state index in [1.54, 1.807) is 16.6 Å². The number of hydrogen-bond donors (Lipinski definition) is 0. The average Bonchev–Trinajstić information content (AvgIpc) is 3.40. The predicted octanol–water partition coefficient (Wildman–Crippen LogP) is 2.73. The minimum atomic E-state index is -0.354. The predicted molar refractivity (Wildman–Crippen MR) is 140 cm³/mol. The third kappa shape index (κ3) is 5.12. The number of nitrogens with zero attached hydrogens (tertiary/aromatic N) is 9. The molecular formula is C26H31N9O3. The number of non-ortho nitro benzene ring substituents is 1. The van der Waals surface area contributed by atoms with Crippen molar-refractivity contribution in [3.8, 4) is 5.82 Å². The number of aromatic nitrogens is 6. The summed E-state index contributed by atoms with van der Waals surface area (Å²) in [5.74, 6) is 1.50. The molecule has 0 aliphatic carbocycles. The van der Waals surface area contributed by atoms with Crippen molar-refractivity contribution in [1.82, 2.24) is 39.4 Å². The van der Waals surface area contributed by atoms with Crippen molar-refractivity contribution >= 4 is 17.2 Å².